The summed E-state index contributed by atoms with van der Waals surface area (Å²) in [6.07, 6.45) is 2.82. The fraction of sp³-hybridized carbons (Fsp3) is 0.846. The van der Waals surface area contributed by atoms with Crippen LogP contribution < -0.4 is 5.32 Å². The molecule has 0 bridgehead atoms. The lowest BCUT2D eigenvalue weighted by Crippen LogP contribution is -2.46. The van der Waals surface area contributed by atoms with Gasteiger partial charge in [-0.05, 0) is 39.8 Å². The molecule has 0 aromatic carbocycles. The predicted octanol–water partition coefficient (Wildman–Crippen LogP) is 0.833. The van der Waals surface area contributed by atoms with Gasteiger partial charge < -0.3 is 20.2 Å². The summed E-state index contributed by atoms with van der Waals surface area (Å²) in [5, 5.41) is 11.9. The predicted molar refractivity (Wildman–Crippen MR) is 73.1 cm³/mol. The van der Waals surface area contributed by atoms with Crippen LogP contribution in [0.4, 0.5) is 4.79 Å². The summed E-state index contributed by atoms with van der Waals surface area (Å²) in [4.78, 5) is 26.5. The highest BCUT2D eigenvalue weighted by atomic mass is 16.4. The van der Waals surface area contributed by atoms with Gasteiger partial charge in [0, 0.05) is 26.2 Å². The zero-order valence-corrected chi connectivity index (χ0v) is 12.1. The molecule has 1 rings (SSSR count). The van der Waals surface area contributed by atoms with E-state index in [1.807, 2.05) is 19.0 Å². The molecule has 0 aromatic heterocycles. The highest BCUT2D eigenvalue weighted by Gasteiger charge is 2.27. The Morgan fingerprint density at radius 3 is 2.16 bits per heavy atom. The van der Waals surface area contributed by atoms with Crippen molar-refractivity contribution in [3.8, 4) is 0 Å². The lowest BCUT2D eigenvalue weighted by atomic mass is 9.86. The Kier molecular flexibility index (Phi) is 6.08. The van der Waals surface area contributed by atoms with E-state index in [-0.39, 0.29) is 18.0 Å². The summed E-state index contributed by atoms with van der Waals surface area (Å²) in [6, 6.07) is 0.0468. The van der Waals surface area contributed by atoms with E-state index in [0.717, 1.165) is 19.4 Å². The van der Waals surface area contributed by atoms with E-state index in [1.165, 1.54) is 0 Å². The van der Waals surface area contributed by atoms with Crippen molar-refractivity contribution in [3.05, 3.63) is 0 Å². The minimum absolute atomic E-state index is 0.0689. The number of rotatable bonds is 5. The minimum atomic E-state index is -0.715. The molecule has 19 heavy (non-hydrogen) atoms. The van der Waals surface area contributed by atoms with E-state index in [0.29, 0.717) is 19.4 Å². The Morgan fingerprint density at radius 1 is 1.11 bits per heavy atom. The maximum absolute atomic E-state index is 11.9. The van der Waals surface area contributed by atoms with Gasteiger partial charge in [-0.15, -0.1) is 0 Å². The maximum Gasteiger partial charge on any atom is 0.317 e. The molecule has 110 valence electrons. The number of aliphatic carboxylic acids is 1. The molecule has 1 aliphatic rings. The highest BCUT2D eigenvalue weighted by Crippen LogP contribution is 2.24. The SMILES string of the molecule is CN(C)CCN(C)C(=O)NC1CCC(C(=O)O)CC1. The molecule has 0 aliphatic heterocycles. The molecule has 2 N–H and O–H groups in total. The Balaban J connectivity index is 2.28. The van der Waals surface area contributed by atoms with Crippen LogP contribution in [0.3, 0.4) is 0 Å². The van der Waals surface area contributed by atoms with Gasteiger partial charge in [0.1, 0.15) is 0 Å². The molecule has 6 heteroatoms. The van der Waals surface area contributed by atoms with Crippen molar-refractivity contribution in [1.82, 2.24) is 15.1 Å². The van der Waals surface area contributed by atoms with Gasteiger partial charge in [-0.1, -0.05) is 0 Å². The Bertz CT molecular complexity index is 312. The number of nitrogens with zero attached hydrogens (tertiary/aromatic N) is 2. The van der Waals surface area contributed by atoms with Crippen LogP contribution >= 0.6 is 0 Å². The van der Waals surface area contributed by atoms with E-state index in [9.17, 15) is 9.59 Å². The molecule has 1 fully saturated rings. The number of hydrogen-bond donors (Lipinski definition) is 2. The van der Waals surface area contributed by atoms with Gasteiger partial charge in [0.2, 0.25) is 0 Å². The van der Waals surface area contributed by atoms with E-state index >= 15 is 0 Å². The lowest BCUT2D eigenvalue weighted by Gasteiger charge is -2.29. The molecular formula is C13H25N3O3. The quantitative estimate of drug-likeness (QED) is 0.777. The Morgan fingerprint density at radius 2 is 1.68 bits per heavy atom. The van der Waals surface area contributed by atoms with Crippen LogP contribution in [0.15, 0.2) is 0 Å². The number of likely N-dealkylation sites (N-methyl/N-ethyl adjacent to an activating group) is 2. The minimum Gasteiger partial charge on any atom is -0.481 e. The fourth-order valence-corrected chi connectivity index (χ4v) is 2.22. The van der Waals surface area contributed by atoms with Gasteiger partial charge in [0.15, 0.2) is 0 Å². The van der Waals surface area contributed by atoms with Crippen molar-refractivity contribution >= 4 is 12.0 Å². The number of urea groups is 1. The zero-order chi connectivity index (χ0) is 14.4. The van der Waals surface area contributed by atoms with E-state index in [4.69, 9.17) is 5.11 Å². The molecule has 0 spiro atoms. The van der Waals surface area contributed by atoms with E-state index < -0.39 is 5.97 Å². The van der Waals surface area contributed by atoms with Crippen molar-refractivity contribution < 1.29 is 14.7 Å². The lowest BCUT2D eigenvalue weighted by molar-refractivity contribution is -0.142. The van der Waals surface area contributed by atoms with Crippen LogP contribution in [0.1, 0.15) is 25.7 Å². The third-order valence-corrected chi connectivity index (χ3v) is 3.63. The number of nitrogens with one attached hydrogen (secondary N) is 1. The van der Waals surface area contributed by atoms with Crippen molar-refractivity contribution in [1.29, 1.82) is 0 Å². The molecule has 6 nitrogen and oxygen atoms in total. The van der Waals surface area contributed by atoms with Crippen LogP contribution in [0.25, 0.3) is 0 Å². The number of carbonyl (C=O) groups excluding carboxylic acids is 1. The van der Waals surface area contributed by atoms with Gasteiger partial charge in [0.05, 0.1) is 5.92 Å². The molecule has 1 aliphatic carbocycles. The second-order valence-corrected chi connectivity index (χ2v) is 5.56. The van der Waals surface area contributed by atoms with Crippen LogP contribution in [0, 0.1) is 5.92 Å². The van der Waals surface area contributed by atoms with Gasteiger partial charge in [0.25, 0.3) is 0 Å². The van der Waals surface area contributed by atoms with Gasteiger partial charge in [-0.2, -0.15) is 0 Å². The first-order valence-electron chi connectivity index (χ1n) is 6.79. The number of hydrogen-bond acceptors (Lipinski definition) is 3. The van der Waals surface area contributed by atoms with E-state index in [1.54, 1.807) is 11.9 Å². The van der Waals surface area contributed by atoms with Crippen molar-refractivity contribution in [2.75, 3.05) is 34.2 Å². The summed E-state index contributed by atoms with van der Waals surface area (Å²) in [5.74, 6) is -0.951. The molecule has 0 heterocycles. The Labute approximate surface area is 114 Å². The summed E-state index contributed by atoms with van der Waals surface area (Å²) in [7, 11) is 5.72. The van der Waals surface area contributed by atoms with Crippen LogP contribution in [-0.2, 0) is 4.79 Å². The van der Waals surface area contributed by atoms with Gasteiger partial charge in [-0.25, -0.2) is 4.79 Å². The van der Waals surface area contributed by atoms with Gasteiger partial charge in [-0.3, -0.25) is 4.79 Å². The van der Waals surface area contributed by atoms with E-state index in [2.05, 4.69) is 5.32 Å². The average molecular weight is 271 g/mol. The molecule has 0 aromatic rings. The first-order chi connectivity index (χ1) is 8.90. The zero-order valence-electron chi connectivity index (χ0n) is 12.1. The second kappa shape index (κ2) is 7.33. The molecule has 0 atom stereocenters. The number of carbonyl (C=O) groups is 2. The second-order valence-electron chi connectivity index (χ2n) is 5.56. The molecule has 2 amide bonds. The molecule has 0 saturated heterocycles. The molecule has 0 radical (unpaired) electrons. The monoisotopic (exact) mass is 271 g/mol. The van der Waals surface area contributed by atoms with Crippen molar-refractivity contribution in [2.45, 2.75) is 31.7 Å². The number of carboxylic acids is 1. The third kappa shape index (κ3) is 5.46. The van der Waals surface area contributed by atoms with Crippen molar-refractivity contribution in [2.24, 2.45) is 5.92 Å². The topological polar surface area (TPSA) is 72.9 Å². The highest BCUT2D eigenvalue weighted by molar-refractivity contribution is 5.74. The fourth-order valence-electron chi connectivity index (χ4n) is 2.22. The third-order valence-electron chi connectivity index (χ3n) is 3.63. The Hall–Kier alpha value is -1.30. The van der Waals surface area contributed by atoms with Gasteiger partial charge >= 0.3 is 12.0 Å². The van der Waals surface area contributed by atoms with Crippen LogP contribution in [-0.4, -0.2) is 67.2 Å². The molecular weight excluding hydrogens is 246 g/mol. The summed E-state index contributed by atoms with van der Waals surface area (Å²) >= 11 is 0. The average Bonchev–Trinajstić information content (AvgIpc) is 2.36. The normalized spacial score (nSPS) is 23.2. The smallest absolute Gasteiger partial charge is 0.317 e. The standard InChI is InChI=1S/C13H25N3O3/c1-15(2)8-9-16(3)13(19)14-11-6-4-10(5-7-11)12(17)18/h10-11H,4-9H2,1-3H3,(H,14,19)(H,17,18). The summed E-state index contributed by atoms with van der Waals surface area (Å²) < 4.78 is 0. The summed E-state index contributed by atoms with van der Waals surface area (Å²) in [6.45, 7) is 1.51. The molecule has 0 unspecified atom stereocenters. The number of carboxylic acid groups (broad SMARTS) is 1. The maximum atomic E-state index is 11.9. The first-order valence-corrected chi connectivity index (χ1v) is 6.79. The number of amides is 2. The molecule has 1 saturated carbocycles. The van der Waals surface area contributed by atoms with Crippen LogP contribution in [0.2, 0.25) is 0 Å². The summed E-state index contributed by atoms with van der Waals surface area (Å²) in [5.41, 5.74) is 0. The van der Waals surface area contributed by atoms with Crippen LogP contribution in [0.5, 0.6) is 0 Å². The largest absolute Gasteiger partial charge is 0.481 e. The van der Waals surface area contributed by atoms with Crippen molar-refractivity contribution in [3.63, 3.8) is 0 Å². The first kappa shape index (κ1) is 15.8.